The van der Waals surface area contributed by atoms with Gasteiger partial charge in [0.2, 0.25) is 5.91 Å². The Morgan fingerprint density at radius 1 is 0.642 bits per heavy atom. The minimum atomic E-state index is -1.66. The van der Waals surface area contributed by atoms with Crippen LogP contribution in [-0.4, -0.2) is 110 Å². The van der Waals surface area contributed by atoms with E-state index in [4.69, 9.17) is 9.47 Å². The van der Waals surface area contributed by atoms with E-state index in [0.29, 0.717) is 12.8 Å². The average molecular weight is 758 g/mol. The molecule has 0 aliphatic carbocycles. The van der Waals surface area contributed by atoms with Crippen LogP contribution >= 0.6 is 0 Å². The SMILES string of the molecule is CCCC/C=C/CCCC(O)C(O)C(COC1OC(CO)C(O)C(O)C1O)NC(=O)C(O)CCCCCCCC/C=C\CCCCCCCCCCC. The molecule has 1 rings (SSSR count). The first kappa shape index (κ1) is 49.6. The van der Waals surface area contributed by atoms with Crippen LogP contribution < -0.4 is 5.32 Å². The van der Waals surface area contributed by atoms with Gasteiger partial charge in [-0.1, -0.05) is 134 Å². The van der Waals surface area contributed by atoms with Crippen LogP contribution in [0.25, 0.3) is 0 Å². The molecule has 1 aliphatic heterocycles. The quantitative estimate of drug-likeness (QED) is 0.0291. The van der Waals surface area contributed by atoms with Crippen molar-refractivity contribution < 1.29 is 50.0 Å². The molecular weight excluding hydrogens is 678 g/mol. The summed E-state index contributed by atoms with van der Waals surface area (Å²) in [4.78, 5) is 13.0. The van der Waals surface area contributed by atoms with Crippen LogP contribution in [0.1, 0.15) is 168 Å². The van der Waals surface area contributed by atoms with Crippen LogP contribution in [0.5, 0.6) is 0 Å². The Balaban J connectivity index is 2.42. The number of hydrogen-bond donors (Lipinski definition) is 8. The first-order chi connectivity index (χ1) is 25.7. The molecule has 0 radical (unpaired) electrons. The number of unbranched alkanes of at least 4 members (excludes halogenated alkanes) is 18. The van der Waals surface area contributed by atoms with Gasteiger partial charge in [-0.15, -0.1) is 0 Å². The van der Waals surface area contributed by atoms with E-state index in [1.54, 1.807) is 0 Å². The predicted molar refractivity (Wildman–Crippen MR) is 210 cm³/mol. The summed E-state index contributed by atoms with van der Waals surface area (Å²) in [6, 6.07) is -1.18. The summed E-state index contributed by atoms with van der Waals surface area (Å²) in [5.74, 6) is -0.716. The summed E-state index contributed by atoms with van der Waals surface area (Å²) < 4.78 is 11.0. The molecular formula is C42H79NO10. The maximum atomic E-state index is 13.0. The maximum absolute atomic E-state index is 13.0. The van der Waals surface area contributed by atoms with Crippen molar-refractivity contribution in [2.75, 3.05) is 13.2 Å². The van der Waals surface area contributed by atoms with Gasteiger partial charge in [0.25, 0.3) is 0 Å². The second kappa shape index (κ2) is 32.8. The standard InChI is InChI=1S/C42H79NO10/c1-3-5-7-9-11-12-13-14-15-16-17-18-19-20-21-22-24-26-28-30-35(46)41(51)43-33(37(47)34(45)29-27-25-23-10-8-6-4-2)32-52-42-40(50)39(49)38(48)36(31-44)53-42/h10,17-18,23,33-40,42,44-50H,3-9,11-16,19-22,24-32H2,1-2H3,(H,43,51)/b18-17-,23-10+. The lowest BCUT2D eigenvalue weighted by Gasteiger charge is -2.40. The molecule has 0 bridgehead atoms. The second-order valence-electron chi connectivity index (χ2n) is 15.1. The van der Waals surface area contributed by atoms with E-state index in [9.17, 15) is 40.5 Å². The minimum Gasteiger partial charge on any atom is -0.394 e. The molecule has 0 aromatic rings. The van der Waals surface area contributed by atoms with Gasteiger partial charge in [-0.3, -0.25) is 4.79 Å². The third kappa shape index (κ3) is 23.3. The Morgan fingerprint density at radius 3 is 1.68 bits per heavy atom. The number of carbonyl (C=O) groups is 1. The highest BCUT2D eigenvalue weighted by atomic mass is 16.7. The van der Waals surface area contributed by atoms with E-state index in [0.717, 1.165) is 64.2 Å². The topological polar surface area (TPSA) is 189 Å². The highest BCUT2D eigenvalue weighted by Gasteiger charge is 2.44. The van der Waals surface area contributed by atoms with Gasteiger partial charge in [0.05, 0.1) is 25.4 Å². The fourth-order valence-electron chi connectivity index (χ4n) is 6.60. The first-order valence-corrected chi connectivity index (χ1v) is 21.2. The van der Waals surface area contributed by atoms with Crippen LogP contribution in [0.3, 0.4) is 0 Å². The highest BCUT2D eigenvalue weighted by Crippen LogP contribution is 2.23. The van der Waals surface area contributed by atoms with Gasteiger partial charge in [-0.05, 0) is 57.8 Å². The number of amides is 1. The molecule has 8 N–H and O–H groups in total. The summed E-state index contributed by atoms with van der Waals surface area (Å²) in [5.41, 5.74) is 0. The van der Waals surface area contributed by atoms with E-state index < -0.39 is 74.2 Å². The Bertz CT molecular complexity index is 918. The molecule has 11 heteroatoms. The van der Waals surface area contributed by atoms with Crippen molar-refractivity contribution in [2.45, 2.75) is 223 Å². The summed E-state index contributed by atoms with van der Waals surface area (Å²) in [6.07, 6.45) is 22.7. The zero-order valence-corrected chi connectivity index (χ0v) is 33.2. The third-order valence-electron chi connectivity index (χ3n) is 10.2. The van der Waals surface area contributed by atoms with E-state index in [1.807, 2.05) is 6.08 Å². The number of aliphatic hydroxyl groups excluding tert-OH is 7. The normalized spacial score (nSPS) is 23.1. The molecule has 1 heterocycles. The number of nitrogens with one attached hydrogen (secondary N) is 1. The summed E-state index contributed by atoms with van der Waals surface area (Å²) in [6.45, 7) is 3.31. The van der Waals surface area contributed by atoms with E-state index in [-0.39, 0.29) is 12.8 Å². The highest BCUT2D eigenvalue weighted by molar-refractivity contribution is 5.80. The van der Waals surface area contributed by atoms with E-state index in [2.05, 4.69) is 37.4 Å². The lowest BCUT2D eigenvalue weighted by molar-refractivity contribution is -0.303. The van der Waals surface area contributed by atoms with Crippen LogP contribution in [0.15, 0.2) is 24.3 Å². The molecule has 1 fully saturated rings. The number of allylic oxidation sites excluding steroid dienone is 4. The van der Waals surface area contributed by atoms with Gasteiger partial charge in [0, 0.05) is 0 Å². The third-order valence-corrected chi connectivity index (χ3v) is 10.2. The van der Waals surface area contributed by atoms with Gasteiger partial charge in [0.1, 0.15) is 36.6 Å². The lowest BCUT2D eigenvalue weighted by atomic mass is 9.98. The monoisotopic (exact) mass is 758 g/mol. The van der Waals surface area contributed by atoms with E-state index >= 15 is 0 Å². The fraction of sp³-hybridized carbons (Fsp3) is 0.881. The van der Waals surface area contributed by atoms with Crippen LogP contribution in [0.4, 0.5) is 0 Å². The summed E-state index contributed by atoms with van der Waals surface area (Å²) in [7, 11) is 0. The Hall–Kier alpha value is -1.41. The van der Waals surface area contributed by atoms with Crippen molar-refractivity contribution in [3.8, 4) is 0 Å². The average Bonchev–Trinajstić information content (AvgIpc) is 3.16. The Morgan fingerprint density at radius 2 is 1.13 bits per heavy atom. The summed E-state index contributed by atoms with van der Waals surface area (Å²) in [5, 5.41) is 75.1. The molecule has 1 amide bonds. The number of aliphatic hydroxyl groups is 7. The van der Waals surface area contributed by atoms with Gasteiger partial charge >= 0.3 is 0 Å². The molecule has 11 nitrogen and oxygen atoms in total. The van der Waals surface area contributed by atoms with Gasteiger partial charge in [0.15, 0.2) is 6.29 Å². The molecule has 53 heavy (non-hydrogen) atoms. The molecule has 312 valence electrons. The molecule has 9 unspecified atom stereocenters. The van der Waals surface area contributed by atoms with Gasteiger partial charge < -0.3 is 50.5 Å². The molecule has 0 aromatic carbocycles. The molecule has 0 spiro atoms. The first-order valence-electron chi connectivity index (χ1n) is 21.2. The molecule has 0 saturated carbocycles. The molecule has 1 saturated heterocycles. The van der Waals surface area contributed by atoms with Crippen molar-refractivity contribution in [1.82, 2.24) is 5.32 Å². The summed E-state index contributed by atoms with van der Waals surface area (Å²) >= 11 is 0. The minimum absolute atomic E-state index is 0.247. The number of hydrogen-bond acceptors (Lipinski definition) is 10. The van der Waals surface area contributed by atoms with Gasteiger partial charge in [-0.2, -0.15) is 0 Å². The van der Waals surface area contributed by atoms with Gasteiger partial charge in [-0.25, -0.2) is 0 Å². The van der Waals surface area contributed by atoms with Crippen LogP contribution in [0.2, 0.25) is 0 Å². The van der Waals surface area contributed by atoms with Crippen LogP contribution in [0, 0.1) is 0 Å². The van der Waals surface area contributed by atoms with E-state index in [1.165, 1.54) is 64.2 Å². The Kier molecular flexibility index (Phi) is 30.7. The van der Waals surface area contributed by atoms with Crippen molar-refractivity contribution in [1.29, 1.82) is 0 Å². The number of ether oxygens (including phenoxy) is 2. The zero-order valence-electron chi connectivity index (χ0n) is 33.2. The smallest absolute Gasteiger partial charge is 0.249 e. The predicted octanol–water partition coefficient (Wildman–Crippen LogP) is 5.89. The Labute approximate surface area is 321 Å². The fourth-order valence-corrected chi connectivity index (χ4v) is 6.60. The molecule has 9 atom stereocenters. The number of rotatable bonds is 34. The second-order valence-corrected chi connectivity index (χ2v) is 15.1. The van der Waals surface area contributed by atoms with Crippen molar-refractivity contribution in [3.63, 3.8) is 0 Å². The van der Waals surface area contributed by atoms with Crippen LogP contribution in [-0.2, 0) is 14.3 Å². The molecule has 1 aliphatic rings. The number of carbonyl (C=O) groups excluding carboxylic acids is 1. The molecule has 0 aromatic heterocycles. The largest absolute Gasteiger partial charge is 0.394 e. The van der Waals surface area contributed by atoms with Crippen molar-refractivity contribution >= 4 is 5.91 Å². The lowest BCUT2D eigenvalue weighted by Crippen LogP contribution is -2.60. The maximum Gasteiger partial charge on any atom is 0.249 e. The zero-order chi connectivity index (χ0) is 39.1. The van der Waals surface area contributed by atoms with Crippen molar-refractivity contribution in [3.05, 3.63) is 24.3 Å². The van der Waals surface area contributed by atoms with Crippen molar-refractivity contribution in [2.24, 2.45) is 0 Å².